The first-order chi connectivity index (χ1) is 10.6. The van der Waals surface area contributed by atoms with Gasteiger partial charge in [-0.1, -0.05) is 17.3 Å². The van der Waals surface area contributed by atoms with E-state index in [0.717, 1.165) is 19.4 Å². The molecule has 1 amide bonds. The van der Waals surface area contributed by atoms with E-state index in [2.05, 4.69) is 10.5 Å². The van der Waals surface area contributed by atoms with Crippen LogP contribution in [0.5, 0.6) is 0 Å². The van der Waals surface area contributed by atoms with E-state index >= 15 is 0 Å². The number of amides is 1. The molecule has 2 unspecified atom stereocenters. The second-order valence-electron chi connectivity index (χ2n) is 5.89. The lowest BCUT2D eigenvalue weighted by molar-refractivity contribution is -0.142. The fourth-order valence-electron chi connectivity index (χ4n) is 2.68. The molecule has 1 fully saturated rings. The third-order valence-corrected chi connectivity index (χ3v) is 4.01. The second kappa shape index (κ2) is 6.04. The Kier molecular flexibility index (Phi) is 4.11. The van der Waals surface area contributed by atoms with Crippen molar-refractivity contribution in [3.05, 3.63) is 35.6 Å². The molecule has 5 nitrogen and oxygen atoms in total. The third kappa shape index (κ3) is 3.11. The molecule has 2 atom stereocenters. The molecular weight excluding hydrogens is 287 g/mol. The quantitative estimate of drug-likeness (QED) is 0.925. The van der Waals surface area contributed by atoms with Crippen LogP contribution in [0.1, 0.15) is 31.7 Å². The number of nitrogens with one attached hydrogen (secondary N) is 1. The maximum atomic E-state index is 13.3. The lowest BCUT2D eigenvalue weighted by atomic mass is 9.95. The number of halogens is 1. The number of rotatable bonds is 4. The average molecular weight is 306 g/mol. The molecule has 1 aromatic carbocycles. The van der Waals surface area contributed by atoms with E-state index in [-0.39, 0.29) is 17.8 Å². The first-order valence-corrected chi connectivity index (χ1v) is 7.48. The van der Waals surface area contributed by atoms with Gasteiger partial charge in [0.1, 0.15) is 5.82 Å². The van der Waals surface area contributed by atoms with E-state index in [4.69, 9.17) is 9.57 Å². The lowest BCUT2D eigenvalue weighted by Gasteiger charge is -2.21. The number of carbonyl (C=O) groups is 1. The lowest BCUT2D eigenvalue weighted by Crippen LogP contribution is -2.46. The van der Waals surface area contributed by atoms with Crippen molar-refractivity contribution < 1.29 is 18.8 Å². The maximum absolute atomic E-state index is 13.3. The summed E-state index contributed by atoms with van der Waals surface area (Å²) in [6, 6.07) is 6.12. The molecule has 6 heteroatoms. The van der Waals surface area contributed by atoms with Crippen LogP contribution < -0.4 is 5.32 Å². The van der Waals surface area contributed by atoms with E-state index in [1.807, 2.05) is 0 Å². The standard InChI is InChI=1S/C16H19FN2O3/c1-16(15(20)18-10-13-6-3-7-21-13)9-14(19-22-16)11-4-2-5-12(17)8-11/h2,4-5,8,13H,3,6-7,9-10H2,1H3,(H,18,20). The molecule has 118 valence electrons. The Bertz CT molecular complexity index is 599. The zero-order chi connectivity index (χ0) is 15.6. The Labute approximate surface area is 128 Å². The van der Waals surface area contributed by atoms with Gasteiger partial charge in [-0.2, -0.15) is 0 Å². The van der Waals surface area contributed by atoms with Gasteiger partial charge in [0.15, 0.2) is 0 Å². The van der Waals surface area contributed by atoms with Crippen molar-refractivity contribution >= 4 is 11.6 Å². The fourth-order valence-corrected chi connectivity index (χ4v) is 2.68. The van der Waals surface area contributed by atoms with Crippen molar-refractivity contribution in [2.45, 2.75) is 37.9 Å². The van der Waals surface area contributed by atoms with Gasteiger partial charge in [0.25, 0.3) is 5.91 Å². The van der Waals surface area contributed by atoms with Crippen molar-refractivity contribution in [3.8, 4) is 0 Å². The molecule has 0 saturated carbocycles. The number of carbonyl (C=O) groups excluding carboxylic acids is 1. The highest BCUT2D eigenvalue weighted by atomic mass is 19.1. The van der Waals surface area contributed by atoms with Gasteiger partial charge in [0.2, 0.25) is 5.60 Å². The van der Waals surface area contributed by atoms with Gasteiger partial charge in [-0.05, 0) is 31.9 Å². The molecule has 1 aromatic rings. The molecule has 2 heterocycles. The molecule has 2 aliphatic rings. The second-order valence-corrected chi connectivity index (χ2v) is 5.89. The van der Waals surface area contributed by atoms with Crippen LogP contribution in [0.25, 0.3) is 0 Å². The molecule has 1 saturated heterocycles. The van der Waals surface area contributed by atoms with Crippen molar-refractivity contribution in [1.82, 2.24) is 5.32 Å². The number of ether oxygens (including phenoxy) is 1. The van der Waals surface area contributed by atoms with Crippen molar-refractivity contribution in [2.75, 3.05) is 13.2 Å². The highest BCUT2D eigenvalue weighted by Gasteiger charge is 2.42. The van der Waals surface area contributed by atoms with Crippen LogP contribution in [0.2, 0.25) is 0 Å². The van der Waals surface area contributed by atoms with E-state index in [9.17, 15) is 9.18 Å². The summed E-state index contributed by atoms with van der Waals surface area (Å²) in [5.74, 6) is -0.560. The van der Waals surface area contributed by atoms with Gasteiger partial charge in [-0.15, -0.1) is 0 Å². The number of nitrogens with zero attached hydrogens (tertiary/aromatic N) is 1. The summed E-state index contributed by atoms with van der Waals surface area (Å²) in [5, 5.41) is 6.81. The first kappa shape index (κ1) is 15.0. The Balaban J connectivity index is 1.59. The van der Waals surface area contributed by atoms with Gasteiger partial charge in [0.05, 0.1) is 11.8 Å². The smallest absolute Gasteiger partial charge is 0.267 e. The molecule has 3 rings (SSSR count). The van der Waals surface area contributed by atoms with E-state index in [1.165, 1.54) is 12.1 Å². The Hall–Kier alpha value is -1.95. The van der Waals surface area contributed by atoms with Crippen molar-refractivity contribution in [1.29, 1.82) is 0 Å². The molecule has 0 spiro atoms. The molecule has 1 N–H and O–H groups in total. The summed E-state index contributed by atoms with van der Waals surface area (Å²) >= 11 is 0. The molecule has 22 heavy (non-hydrogen) atoms. The molecular formula is C16H19FN2O3. The largest absolute Gasteiger partial charge is 0.379 e. The number of hydrogen-bond donors (Lipinski definition) is 1. The van der Waals surface area contributed by atoms with Crippen LogP contribution in [-0.4, -0.2) is 36.5 Å². The molecule has 0 bridgehead atoms. The zero-order valence-electron chi connectivity index (χ0n) is 12.5. The van der Waals surface area contributed by atoms with Crippen molar-refractivity contribution in [3.63, 3.8) is 0 Å². The van der Waals surface area contributed by atoms with Gasteiger partial charge in [0, 0.05) is 25.1 Å². The van der Waals surface area contributed by atoms with Crippen LogP contribution in [0.15, 0.2) is 29.4 Å². The van der Waals surface area contributed by atoms with Crippen LogP contribution in [0, 0.1) is 5.82 Å². The predicted molar refractivity (Wildman–Crippen MR) is 79.0 cm³/mol. The summed E-state index contributed by atoms with van der Waals surface area (Å²) in [7, 11) is 0. The number of benzene rings is 1. The molecule has 0 radical (unpaired) electrons. The SMILES string of the molecule is CC1(C(=O)NCC2CCCO2)CC(c2cccc(F)c2)=NO1. The van der Waals surface area contributed by atoms with Crippen LogP contribution >= 0.6 is 0 Å². The van der Waals surface area contributed by atoms with Crippen LogP contribution in [-0.2, 0) is 14.4 Å². The average Bonchev–Trinajstić information content (AvgIpc) is 3.15. The van der Waals surface area contributed by atoms with Gasteiger partial charge >= 0.3 is 0 Å². The summed E-state index contributed by atoms with van der Waals surface area (Å²) in [4.78, 5) is 17.7. The minimum absolute atomic E-state index is 0.0811. The summed E-state index contributed by atoms with van der Waals surface area (Å²) < 4.78 is 18.8. The van der Waals surface area contributed by atoms with Gasteiger partial charge in [-0.3, -0.25) is 4.79 Å². The topological polar surface area (TPSA) is 59.9 Å². The number of hydrogen-bond acceptors (Lipinski definition) is 4. The van der Waals surface area contributed by atoms with E-state index in [0.29, 0.717) is 24.2 Å². The monoisotopic (exact) mass is 306 g/mol. The fraction of sp³-hybridized carbons (Fsp3) is 0.500. The summed E-state index contributed by atoms with van der Waals surface area (Å²) in [6.45, 7) is 2.92. The van der Waals surface area contributed by atoms with Crippen LogP contribution in [0.4, 0.5) is 4.39 Å². The van der Waals surface area contributed by atoms with E-state index in [1.54, 1.807) is 19.1 Å². The molecule has 0 aliphatic carbocycles. The van der Waals surface area contributed by atoms with Gasteiger partial charge < -0.3 is 14.9 Å². The Morgan fingerprint density at radius 1 is 1.55 bits per heavy atom. The minimum Gasteiger partial charge on any atom is -0.379 e. The number of oxime groups is 1. The van der Waals surface area contributed by atoms with Crippen molar-refractivity contribution in [2.24, 2.45) is 5.16 Å². The highest BCUT2D eigenvalue weighted by Crippen LogP contribution is 2.27. The Morgan fingerprint density at radius 2 is 2.41 bits per heavy atom. The van der Waals surface area contributed by atoms with E-state index < -0.39 is 5.60 Å². The predicted octanol–water partition coefficient (Wildman–Crippen LogP) is 2.00. The third-order valence-electron chi connectivity index (χ3n) is 4.01. The minimum atomic E-state index is -1.06. The van der Waals surface area contributed by atoms with Gasteiger partial charge in [-0.25, -0.2) is 4.39 Å². The van der Waals surface area contributed by atoms with Crippen LogP contribution in [0.3, 0.4) is 0 Å². The molecule has 0 aromatic heterocycles. The normalized spacial score (nSPS) is 27.4. The highest BCUT2D eigenvalue weighted by molar-refractivity contribution is 6.05. The molecule has 2 aliphatic heterocycles. The maximum Gasteiger partial charge on any atom is 0.267 e. The summed E-state index contributed by atoms with van der Waals surface area (Å²) in [6.07, 6.45) is 2.38. The summed E-state index contributed by atoms with van der Waals surface area (Å²) in [5.41, 5.74) is 0.158. The Morgan fingerprint density at radius 3 is 3.14 bits per heavy atom. The first-order valence-electron chi connectivity index (χ1n) is 7.48. The zero-order valence-corrected chi connectivity index (χ0v) is 12.5.